The number of nitrogens with zero attached hydrogens (tertiary/aromatic N) is 1. The largest absolute Gasteiger partial charge is 0.490 e. The molecule has 36 heavy (non-hydrogen) atoms. The van der Waals surface area contributed by atoms with Crippen molar-refractivity contribution in [2.45, 2.75) is 77.9 Å². The Morgan fingerprint density at radius 1 is 1.06 bits per heavy atom. The van der Waals surface area contributed by atoms with E-state index < -0.39 is 17.0 Å². The number of fused-ring (bicyclic) bond motifs is 2. The summed E-state index contributed by atoms with van der Waals surface area (Å²) in [5.41, 5.74) is 1.04. The van der Waals surface area contributed by atoms with Crippen LogP contribution in [0.15, 0.2) is 24.3 Å². The van der Waals surface area contributed by atoms with Crippen molar-refractivity contribution < 1.29 is 23.8 Å². The Morgan fingerprint density at radius 2 is 1.67 bits per heavy atom. The number of nitrogens with one attached hydrogen (secondary N) is 1. The second kappa shape index (κ2) is 8.87. The Balaban J connectivity index is 1.73. The summed E-state index contributed by atoms with van der Waals surface area (Å²) in [5, 5.41) is 19.5. The number of ketones is 1. The van der Waals surface area contributed by atoms with Crippen molar-refractivity contribution in [3.8, 4) is 11.5 Å². The first-order valence-electron chi connectivity index (χ1n) is 12.7. The molecule has 2 aliphatic rings. The van der Waals surface area contributed by atoms with Crippen molar-refractivity contribution in [2.75, 3.05) is 19.8 Å². The van der Waals surface area contributed by atoms with E-state index in [1.54, 1.807) is 37.8 Å². The molecule has 194 valence electrons. The van der Waals surface area contributed by atoms with Gasteiger partial charge in [0.1, 0.15) is 5.84 Å². The summed E-state index contributed by atoms with van der Waals surface area (Å²) in [6.45, 7) is 13.8. The van der Waals surface area contributed by atoms with Crippen LogP contribution in [0.25, 0.3) is 0 Å². The molecule has 1 heterocycles. The van der Waals surface area contributed by atoms with Crippen molar-refractivity contribution in [3.05, 3.63) is 57.9 Å². The van der Waals surface area contributed by atoms with Gasteiger partial charge >= 0.3 is 0 Å². The molecule has 1 spiro atoms. The van der Waals surface area contributed by atoms with Gasteiger partial charge in [-0.05, 0) is 80.8 Å². The predicted octanol–water partition coefficient (Wildman–Crippen LogP) is 5.66. The van der Waals surface area contributed by atoms with Gasteiger partial charge in [0.2, 0.25) is 0 Å². The van der Waals surface area contributed by atoms with Crippen molar-refractivity contribution in [2.24, 2.45) is 0 Å². The molecule has 0 amide bonds. The predicted molar refractivity (Wildman–Crippen MR) is 138 cm³/mol. The molecule has 1 aliphatic carbocycles. The van der Waals surface area contributed by atoms with Crippen LogP contribution in [-0.2, 0) is 16.6 Å². The van der Waals surface area contributed by atoms with E-state index in [0.717, 1.165) is 18.4 Å². The maximum absolute atomic E-state index is 15.7. The molecular weight excluding hydrogens is 459 g/mol. The van der Waals surface area contributed by atoms with Crippen LogP contribution in [0, 0.1) is 11.2 Å². The highest BCUT2D eigenvalue weighted by Crippen LogP contribution is 2.58. The van der Waals surface area contributed by atoms with E-state index in [1.165, 1.54) is 0 Å². The van der Waals surface area contributed by atoms with Gasteiger partial charge in [0.05, 0.1) is 36.5 Å². The number of halogens is 1. The zero-order chi connectivity index (χ0) is 26.6. The van der Waals surface area contributed by atoms with Gasteiger partial charge in [-0.15, -0.1) is 0 Å². The number of Topliss-reactive ketones (excluding diaryl/α,β-unsaturated/α-hetero) is 1. The summed E-state index contributed by atoms with van der Waals surface area (Å²) in [7, 11) is 0. The third-order valence-corrected chi connectivity index (χ3v) is 7.15. The summed E-state index contributed by atoms with van der Waals surface area (Å²) >= 11 is 0. The molecule has 1 saturated carbocycles. The SMILES string of the molecule is CCOc1cc2c(c(F)c1OCC)C(=N)N(CC(=O)c1cc(C(C)(C)C)cc(C(C)(C)O)c1)C21CC1. The third-order valence-electron chi connectivity index (χ3n) is 7.15. The molecule has 0 radical (unpaired) electrons. The van der Waals surface area contributed by atoms with Crippen LogP contribution in [0.5, 0.6) is 11.5 Å². The number of carbonyl (C=O) groups excluding carboxylic acids is 1. The average molecular weight is 497 g/mol. The van der Waals surface area contributed by atoms with E-state index >= 15 is 4.39 Å². The highest BCUT2D eigenvalue weighted by molar-refractivity contribution is 6.07. The van der Waals surface area contributed by atoms with Crippen LogP contribution in [0.2, 0.25) is 0 Å². The number of aliphatic hydroxyl groups is 1. The minimum Gasteiger partial charge on any atom is -0.490 e. The van der Waals surface area contributed by atoms with Crippen molar-refractivity contribution in [1.82, 2.24) is 4.90 Å². The van der Waals surface area contributed by atoms with Gasteiger partial charge in [-0.3, -0.25) is 10.2 Å². The van der Waals surface area contributed by atoms with Crippen LogP contribution in [-0.4, -0.2) is 41.4 Å². The number of hydrogen-bond donors (Lipinski definition) is 2. The summed E-state index contributed by atoms with van der Waals surface area (Å²) in [6, 6.07) is 7.31. The Morgan fingerprint density at radius 3 is 2.19 bits per heavy atom. The molecule has 2 aromatic rings. The zero-order valence-corrected chi connectivity index (χ0v) is 22.3. The quantitative estimate of drug-likeness (QED) is 0.461. The molecular formula is C29H37FN2O4. The lowest BCUT2D eigenvalue weighted by Crippen LogP contribution is -2.38. The van der Waals surface area contributed by atoms with E-state index in [4.69, 9.17) is 14.9 Å². The molecule has 4 rings (SSSR count). The van der Waals surface area contributed by atoms with Crippen LogP contribution in [0.4, 0.5) is 4.39 Å². The molecule has 0 bridgehead atoms. The fourth-order valence-corrected chi connectivity index (χ4v) is 4.94. The first kappa shape index (κ1) is 26.1. The van der Waals surface area contributed by atoms with E-state index in [-0.39, 0.29) is 41.5 Å². The molecule has 0 saturated heterocycles. The van der Waals surface area contributed by atoms with Gasteiger partial charge < -0.3 is 19.5 Å². The van der Waals surface area contributed by atoms with Crippen molar-refractivity contribution in [3.63, 3.8) is 0 Å². The fraction of sp³-hybridized carbons (Fsp3) is 0.517. The van der Waals surface area contributed by atoms with E-state index in [9.17, 15) is 9.90 Å². The molecule has 0 unspecified atom stereocenters. The standard InChI is InChI=1S/C29H37FN2O4/c1-8-35-22-15-20-23(24(30)25(22)36-9-2)26(31)32(29(20)10-11-29)16-21(33)17-12-18(27(3,4)5)14-19(13-17)28(6,7)34/h12-15,31,34H,8-11,16H2,1-7H3. The minimum absolute atomic E-state index is 0.00737. The summed E-state index contributed by atoms with van der Waals surface area (Å²) in [4.78, 5) is 15.4. The molecule has 1 aliphatic heterocycles. The number of amidine groups is 1. The fourth-order valence-electron chi connectivity index (χ4n) is 4.94. The Labute approximate surface area is 212 Å². The molecule has 2 N–H and O–H groups in total. The second-order valence-electron chi connectivity index (χ2n) is 11.3. The lowest BCUT2D eigenvalue weighted by molar-refractivity contribution is 0.0782. The monoisotopic (exact) mass is 496 g/mol. The second-order valence-corrected chi connectivity index (χ2v) is 11.3. The molecule has 0 atom stereocenters. The van der Waals surface area contributed by atoms with Crippen LogP contribution >= 0.6 is 0 Å². The average Bonchev–Trinajstić information content (AvgIpc) is 3.55. The first-order chi connectivity index (χ1) is 16.7. The van der Waals surface area contributed by atoms with Gasteiger partial charge in [-0.2, -0.15) is 0 Å². The Hall–Kier alpha value is -2.93. The number of hydrogen-bond acceptors (Lipinski definition) is 5. The minimum atomic E-state index is -1.11. The summed E-state index contributed by atoms with van der Waals surface area (Å²) in [5.74, 6) is -0.448. The highest BCUT2D eigenvalue weighted by Gasteiger charge is 2.58. The summed E-state index contributed by atoms with van der Waals surface area (Å²) < 4.78 is 26.9. The van der Waals surface area contributed by atoms with Crippen LogP contribution in [0.3, 0.4) is 0 Å². The molecule has 1 fully saturated rings. The smallest absolute Gasteiger partial charge is 0.197 e. The number of ether oxygens (including phenoxy) is 2. The van der Waals surface area contributed by atoms with E-state index in [0.29, 0.717) is 29.0 Å². The maximum Gasteiger partial charge on any atom is 0.197 e. The van der Waals surface area contributed by atoms with Crippen LogP contribution < -0.4 is 9.47 Å². The topological polar surface area (TPSA) is 82.9 Å². The molecule has 2 aromatic carbocycles. The lowest BCUT2D eigenvalue weighted by Gasteiger charge is -2.28. The van der Waals surface area contributed by atoms with E-state index in [1.807, 2.05) is 19.1 Å². The first-order valence-corrected chi connectivity index (χ1v) is 12.7. The Kier molecular flexibility index (Phi) is 6.44. The number of rotatable bonds is 8. The van der Waals surface area contributed by atoms with Crippen molar-refractivity contribution >= 4 is 11.6 Å². The summed E-state index contributed by atoms with van der Waals surface area (Å²) in [6.07, 6.45) is 1.46. The lowest BCUT2D eigenvalue weighted by atomic mass is 9.82. The van der Waals surface area contributed by atoms with Gasteiger partial charge in [-0.25, -0.2) is 4.39 Å². The third kappa shape index (κ3) is 4.38. The van der Waals surface area contributed by atoms with Gasteiger partial charge in [0.15, 0.2) is 23.1 Å². The number of carbonyl (C=O) groups is 1. The highest BCUT2D eigenvalue weighted by atomic mass is 19.1. The molecule has 6 nitrogen and oxygen atoms in total. The normalized spacial score (nSPS) is 16.4. The zero-order valence-electron chi connectivity index (χ0n) is 22.3. The number of benzene rings is 2. The van der Waals surface area contributed by atoms with Crippen LogP contribution in [0.1, 0.15) is 93.9 Å². The van der Waals surface area contributed by atoms with Gasteiger partial charge in [0, 0.05) is 5.56 Å². The maximum atomic E-state index is 15.7. The van der Waals surface area contributed by atoms with Gasteiger partial charge in [-0.1, -0.05) is 26.8 Å². The van der Waals surface area contributed by atoms with Crippen molar-refractivity contribution in [1.29, 1.82) is 5.41 Å². The van der Waals surface area contributed by atoms with Gasteiger partial charge in [0.25, 0.3) is 0 Å². The molecule has 0 aromatic heterocycles. The van der Waals surface area contributed by atoms with E-state index in [2.05, 4.69) is 20.8 Å². The Bertz CT molecular complexity index is 1190. The molecule has 7 heteroatoms.